The summed E-state index contributed by atoms with van der Waals surface area (Å²) in [5.41, 5.74) is 1.60. The summed E-state index contributed by atoms with van der Waals surface area (Å²) >= 11 is 3.23. The predicted octanol–water partition coefficient (Wildman–Crippen LogP) is 1.99. The molecule has 0 atom stereocenters. The second-order valence-corrected chi connectivity index (χ2v) is 4.36. The highest BCUT2D eigenvalue weighted by Gasteiger charge is 2.17. The SMILES string of the molecule is COC(=O)Cc1cc(OC)c(OC)cc1/C(CBr)=N/O. The second kappa shape index (κ2) is 7.74. The van der Waals surface area contributed by atoms with Crippen molar-refractivity contribution in [2.45, 2.75) is 6.42 Å². The summed E-state index contributed by atoms with van der Waals surface area (Å²) in [5, 5.41) is 12.6. The number of alkyl halides is 1. The molecule has 7 heteroatoms. The highest BCUT2D eigenvalue weighted by atomic mass is 79.9. The number of methoxy groups -OCH3 is 3. The maximum atomic E-state index is 11.5. The van der Waals surface area contributed by atoms with E-state index in [4.69, 9.17) is 14.7 Å². The molecule has 1 rings (SSSR count). The highest BCUT2D eigenvalue weighted by Crippen LogP contribution is 2.31. The largest absolute Gasteiger partial charge is 0.493 e. The van der Waals surface area contributed by atoms with Gasteiger partial charge in [0.15, 0.2) is 11.5 Å². The number of hydrogen-bond donors (Lipinski definition) is 1. The zero-order valence-electron chi connectivity index (χ0n) is 11.5. The molecule has 1 N–H and O–H groups in total. The van der Waals surface area contributed by atoms with Crippen molar-refractivity contribution in [1.29, 1.82) is 0 Å². The minimum Gasteiger partial charge on any atom is -0.493 e. The van der Waals surface area contributed by atoms with Crippen LogP contribution < -0.4 is 9.47 Å². The Hall–Kier alpha value is -1.76. The number of halogens is 1. The molecule has 1 aromatic carbocycles. The van der Waals surface area contributed by atoms with Gasteiger partial charge >= 0.3 is 5.97 Å². The van der Waals surface area contributed by atoms with E-state index in [1.54, 1.807) is 12.1 Å². The van der Waals surface area contributed by atoms with E-state index >= 15 is 0 Å². The molecular formula is C13H16BrNO5. The third kappa shape index (κ3) is 3.63. The van der Waals surface area contributed by atoms with Crippen LogP contribution in [0.1, 0.15) is 11.1 Å². The Morgan fingerprint density at radius 1 is 1.25 bits per heavy atom. The molecule has 0 saturated heterocycles. The van der Waals surface area contributed by atoms with Gasteiger partial charge in [-0.3, -0.25) is 4.79 Å². The Morgan fingerprint density at radius 3 is 2.30 bits per heavy atom. The van der Waals surface area contributed by atoms with Crippen molar-refractivity contribution in [2.24, 2.45) is 5.16 Å². The van der Waals surface area contributed by atoms with Crippen LogP contribution in [-0.4, -0.2) is 43.5 Å². The Kier molecular flexibility index (Phi) is 6.30. The maximum Gasteiger partial charge on any atom is 0.310 e. The second-order valence-electron chi connectivity index (χ2n) is 3.80. The van der Waals surface area contributed by atoms with Gasteiger partial charge < -0.3 is 19.4 Å². The van der Waals surface area contributed by atoms with Gasteiger partial charge in [0.25, 0.3) is 0 Å². The first-order valence-corrected chi connectivity index (χ1v) is 6.82. The molecule has 0 unspecified atom stereocenters. The standard InChI is InChI=1S/C13H16BrNO5/c1-18-11-4-8(5-13(16)20-3)9(6-12(11)19-2)10(7-14)15-17/h4,6,17H,5,7H2,1-3H3/b15-10+. The van der Waals surface area contributed by atoms with Crippen molar-refractivity contribution in [1.82, 2.24) is 0 Å². The van der Waals surface area contributed by atoms with Crippen LogP contribution >= 0.6 is 15.9 Å². The number of oxime groups is 1. The molecule has 0 aromatic heterocycles. The summed E-state index contributed by atoms with van der Waals surface area (Å²) in [7, 11) is 4.32. The number of carbonyl (C=O) groups excluding carboxylic acids is 1. The van der Waals surface area contributed by atoms with E-state index in [1.807, 2.05) is 0 Å². The number of nitrogens with zero attached hydrogens (tertiary/aromatic N) is 1. The molecule has 0 amide bonds. The Bertz CT molecular complexity index is 516. The molecule has 0 heterocycles. The normalized spacial score (nSPS) is 11.1. The van der Waals surface area contributed by atoms with Crippen molar-refractivity contribution < 1.29 is 24.2 Å². The molecule has 0 bridgehead atoms. The molecule has 0 aliphatic heterocycles. The molecule has 0 spiro atoms. The predicted molar refractivity (Wildman–Crippen MR) is 77.4 cm³/mol. The molecule has 110 valence electrons. The number of hydrogen-bond acceptors (Lipinski definition) is 6. The Morgan fingerprint density at radius 2 is 1.85 bits per heavy atom. The van der Waals surface area contributed by atoms with Crippen LogP contribution in [-0.2, 0) is 16.0 Å². The van der Waals surface area contributed by atoms with E-state index in [0.717, 1.165) is 0 Å². The average Bonchev–Trinajstić information content (AvgIpc) is 2.48. The van der Waals surface area contributed by atoms with Crippen molar-refractivity contribution >= 4 is 27.6 Å². The number of ether oxygens (including phenoxy) is 3. The number of rotatable bonds is 6. The molecular weight excluding hydrogens is 330 g/mol. The van der Waals surface area contributed by atoms with Crippen molar-refractivity contribution in [2.75, 3.05) is 26.7 Å². The number of esters is 1. The van der Waals surface area contributed by atoms with E-state index in [1.165, 1.54) is 21.3 Å². The summed E-state index contributed by atoms with van der Waals surface area (Å²) in [5.74, 6) is 0.575. The van der Waals surface area contributed by atoms with Crippen LogP contribution in [0, 0.1) is 0 Å². The van der Waals surface area contributed by atoms with E-state index in [0.29, 0.717) is 33.7 Å². The molecule has 1 aromatic rings. The van der Waals surface area contributed by atoms with Gasteiger partial charge in [-0.2, -0.15) is 0 Å². The van der Waals surface area contributed by atoms with Crippen LogP contribution in [0.25, 0.3) is 0 Å². The smallest absolute Gasteiger partial charge is 0.310 e. The topological polar surface area (TPSA) is 77.4 Å². The summed E-state index contributed by atoms with van der Waals surface area (Å²) in [6, 6.07) is 3.33. The van der Waals surface area contributed by atoms with Gasteiger partial charge in [0.1, 0.15) is 0 Å². The lowest BCUT2D eigenvalue weighted by Crippen LogP contribution is -2.12. The molecule has 0 aliphatic carbocycles. The third-order valence-electron chi connectivity index (χ3n) is 2.73. The molecule has 0 radical (unpaired) electrons. The van der Waals surface area contributed by atoms with Crippen LogP contribution in [0.4, 0.5) is 0 Å². The fourth-order valence-corrected chi connectivity index (χ4v) is 2.13. The highest BCUT2D eigenvalue weighted by molar-refractivity contribution is 9.09. The van der Waals surface area contributed by atoms with Gasteiger partial charge in [-0.15, -0.1) is 0 Å². The molecule has 6 nitrogen and oxygen atoms in total. The van der Waals surface area contributed by atoms with Crippen molar-refractivity contribution in [3.05, 3.63) is 23.3 Å². The maximum absolute atomic E-state index is 11.5. The van der Waals surface area contributed by atoms with Crippen molar-refractivity contribution in [3.63, 3.8) is 0 Å². The minimum atomic E-state index is -0.398. The number of carbonyl (C=O) groups is 1. The van der Waals surface area contributed by atoms with Gasteiger partial charge in [0, 0.05) is 10.9 Å². The summed E-state index contributed by atoms with van der Waals surface area (Å²) < 4.78 is 15.1. The van der Waals surface area contributed by atoms with E-state index in [9.17, 15) is 4.79 Å². The van der Waals surface area contributed by atoms with E-state index < -0.39 is 5.97 Å². The third-order valence-corrected chi connectivity index (χ3v) is 3.26. The summed E-state index contributed by atoms with van der Waals surface area (Å²) in [6.45, 7) is 0. The lowest BCUT2D eigenvalue weighted by Gasteiger charge is -2.14. The minimum absolute atomic E-state index is 0.0399. The van der Waals surface area contributed by atoms with Crippen LogP contribution in [0.3, 0.4) is 0 Å². The van der Waals surface area contributed by atoms with Crippen LogP contribution in [0.2, 0.25) is 0 Å². The fourth-order valence-electron chi connectivity index (χ4n) is 1.72. The zero-order valence-corrected chi connectivity index (χ0v) is 13.1. The summed E-state index contributed by atoms with van der Waals surface area (Å²) in [4.78, 5) is 11.5. The molecule has 0 saturated carbocycles. The Balaban J connectivity index is 3.39. The molecule has 20 heavy (non-hydrogen) atoms. The fraction of sp³-hybridized carbons (Fsp3) is 0.385. The van der Waals surface area contributed by atoms with E-state index in [-0.39, 0.29) is 6.42 Å². The first-order valence-electron chi connectivity index (χ1n) is 5.70. The van der Waals surface area contributed by atoms with Gasteiger partial charge in [-0.05, 0) is 17.7 Å². The first-order chi connectivity index (χ1) is 9.60. The van der Waals surface area contributed by atoms with E-state index in [2.05, 4.69) is 25.8 Å². The number of benzene rings is 1. The monoisotopic (exact) mass is 345 g/mol. The zero-order chi connectivity index (χ0) is 15.1. The van der Waals surface area contributed by atoms with Gasteiger partial charge in [0.2, 0.25) is 0 Å². The quantitative estimate of drug-likeness (QED) is 0.280. The lowest BCUT2D eigenvalue weighted by atomic mass is 10.00. The molecule has 0 fully saturated rings. The van der Waals surface area contributed by atoms with Crippen molar-refractivity contribution in [3.8, 4) is 11.5 Å². The van der Waals surface area contributed by atoms with Gasteiger partial charge in [-0.25, -0.2) is 0 Å². The van der Waals surface area contributed by atoms with Gasteiger partial charge in [-0.1, -0.05) is 21.1 Å². The first kappa shape index (κ1) is 16.3. The average molecular weight is 346 g/mol. The lowest BCUT2D eigenvalue weighted by molar-refractivity contribution is -0.139. The Labute approximate surface area is 125 Å². The van der Waals surface area contributed by atoms with Gasteiger partial charge in [0.05, 0.1) is 33.5 Å². The molecule has 0 aliphatic rings. The summed E-state index contributed by atoms with van der Waals surface area (Å²) in [6.07, 6.45) is 0.0399. The van der Waals surface area contributed by atoms with Crippen LogP contribution in [0.15, 0.2) is 17.3 Å². The van der Waals surface area contributed by atoms with Crippen LogP contribution in [0.5, 0.6) is 11.5 Å².